The number of rotatable bonds is 6. The molecule has 11 heavy (non-hydrogen) atoms. The molecule has 0 atom stereocenters. The molecule has 0 rings (SSSR count). The van der Waals surface area contributed by atoms with Gasteiger partial charge in [0.15, 0.2) is 0 Å². The molecule has 0 fully saturated rings. The zero-order valence-electron chi connectivity index (χ0n) is 7.96. The van der Waals surface area contributed by atoms with Gasteiger partial charge in [-0.3, -0.25) is 0 Å². The molecule has 0 aliphatic rings. The van der Waals surface area contributed by atoms with E-state index in [1.54, 1.807) is 14.2 Å². The lowest BCUT2D eigenvalue weighted by Gasteiger charge is -2.21. The highest BCUT2D eigenvalue weighted by Gasteiger charge is 2.12. The quantitative estimate of drug-likeness (QED) is 0.548. The molecule has 0 heterocycles. The van der Waals surface area contributed by atoms with Gasteiger partial charge in [-0.1, -0.05) is 13.8 Å². The van der Waals surface area contributed by atoms with Gasteiger partial charge in [0.05, 0.1) is 0 Å². The second-order valence-corrected chi connectivity index (χ2v) is 4.55. The van der Waals surface area contributed by atoms with Crippen LogP contribution in [0.15, 0.2) is 0 Å². The average Bonchev–Trinajstić information content (AvgIpc) is 2.07. The van der Waals surface area contributed by atoms with Crippen molar-refractivity contribution in [2.24, 2.45) is 0 Å². The smallest absolute Gasteiger partial charge is 0.335 e. The second-order valence-electron chi connectivity index (χ2n) is 2.39. The van der Waals surface area contributed by atoms with Crippen LogP contribution in [0, 0.1) is 0 Å². The van der Waals surface area contributed by atoms with E-state index in [-0.39, 0.29) is 0 Å². The Hall–Kier alpha value is 0.0969. The van der Waals surface area contributed by atoms with Gasteiger partial charge in [0.25, 0.3) is 0 Å². The zero-order valence-corrected chi connectivity index (χ0v) is 9.12. The maximum absolute atomic E-state index is 5.21. The molecule has 0 aromatic carbocycles. The molecule has 3 nitrogen and oxygen atoms in total. The Morgan fingerprint density at radius 2 is 1.55 bits per heavy atom. The Morgan fingerprint density at radius 1 is 1.09 bits per heavy atom. The van der Waals surface area contributed by atoms with Crippen LogP contribution in [-0.2, 0) is 8.85 Å². The lowest BCUT2D eigenvalue weighted by molar-refractivity contribution is 0.239. The summed E-state index contributed by atoms with van der Waals surface area (Å²) < 4.78 is 10.4. The first-order valence-corrected chi connectivity index (χ1v) is 5.82. The van der Waals surface area contributed by atoms with Gasteiger partial charge in [-0.2, -0.15) is 0 Å². The number of nitrogens with zero attached hydrogens (tertiary/aromatic N) is 1. The van der Waals surface area contributed by atoms with Crippen LogP contribution in [0.4, 0.5) is 0 Å². The summed E-state index contributed by atoms with van der Waals surface area (Å²) in [5.41, 5.74) is 0. The molecule has 0 unspecified atom stereocenters. The van der Waals surface area contributed by atoms with Crippen molar-refractivity contribution in [3.63, 3.8) is 0 Å². The first kappa shape index (κ1) is 11.1. The Labute approximate surface area is 71.1 Å². The molecule has 0 aliphatic heterocycles. The van der Waals surface area contributed by atoms with E-state index in [2.05, 4.69) is 18.7 Å². The van der Waals surface area contributed by atoms with E-state index in [0.29, 0.717) is 0 Å². The number of hydrogen-bond donors (Lipinski definition) is 0. The summed E-state index contributed by atoms with van der Waals surface area (Å²) in [5.74, 6) is 0. The van der Waals surface area contributed by atoms with Gasteiger partial charge in [-0.05, 0) is 13.1 Å². The third kappa shape index (κ3) is 4.52. The first-order valence-electron chi connectivity index (χ1n) is 4.06. The molecule has 0 N–H and O–H groups in total. The minimum atomic E-state index is -1.36. The van der Waals surface area contributed by atoms with Crippen LogP contribution in [0.3, 0.4) is 0 Å². The Balaban J connectivity index is 3.58. The van der Waals surface area contributed by atoms with Crippen LogP contribution >= 0.6 is 0 Å². The number of hydrogen-bond acceptors (Lipinski definition) is 3. The van der Waals surface area contributed by atoms with Crippen LogP contribution < -0.4 is 0 Å². The van der Waals surface area contributed by atoms with Crippen molar-refractivity contribution >= 4 is 9.28 Å². The molecule has 4 heteroatoms. The standard InChI is InChI=1S/C7H19NO2Si/c1-5-8(6-2)7-11(9-3)10-4/h11H,5-7H2,1-4H3. The van der Waals surface area contributed by atoms with Crippen LogP contribution in [0.5, 0.6) is 0 Å². The van der Waals surface area contributed by atoms with E-state index in [1.165, 1.54) is 0 Å². The van der Waals surface area contributed by atoms with Crippen LogP contribution in [0.1, 0.15) is 13.8 Å². The maximum atomic E-state index is 5.21. The zero-order chi connectivity index (χ0) is 8.69. The van der Waals surface area contributed by atoms with Crippen LogP contribution in [0.25, 0.3) is 0 Å². The largest absolute Gasteiger partial charge is 0.399 e. The molecule has 0 radical (unpaired) electrons. The molecule has 68 valence electrons. The van der Waals surface area contributed by atoms with Crippen LogP contribution in [0.2, 0.25) is 0 Å². The van der Waals surface area contributed by atoms with E-state index in [1.807, 2.05) is 0 Å². The summed E-state index contributed by atoms with van der Waals surface area (Å²) in [6.07, 6.45) is 0.986. The molecule has 0 amide bonds. The molecule has 0 spiro atoms. The van der Waals surface area contributed by atoms with Crippen molar-refractivity contribution < 1.29 is 8.85 Å². The van der Waals surface area contributed by atoms with Crippen molar-refractivity contribution in [1.82, 2.24) is 4.90 Å². The third-order valence-electron chi connectivity index (χ3n) is 1.83. The lowest BCUT2D eigenvalue weighted by atomic mass is 10.6. The van der Waals surface area contributed by atoms with Crippen molar-refractivity contribution in [2.75, 3.05) is 33.5 Å². The molecular formula is C7H19NO2Si. The van der Waals surface area contributed by atoms with Crippen molar-refractivity contribution in [3.05, 3.63) is 0 Å². The predicted molar refractivity (Wildman–Crippen MR) is 49.0 cm³/mol. The van der Waals surface area contributed by atoms with Crippen molar-refractivity contribution in [3.8, 4) is 0 Å². The van der Waals surface area contributed by atoms with Crippen LogP contribution in [-0.4, -0.2) is 47.7 Å². The van der Waals surface area contributed by atoms with E-state index in [9.17, 15) is 0 Å². The fraction of sp³-hybridized carbons (Fsp3) is 1.00. The SMILES string of the molecule is CCN(CC)C[SiH](OC)OC. The highest BCUT2D eigenvalue weighted by Crippen LogP contribution is 1.92. The highest BCUT2D eigenvalue weighted by molar-refractivity contribution is 6.44. The normalized spacial score (nSPS) is 11.5. The lowest BCUT2D eigenvalue weighted by Crippen LogP contribution is -2.37. The predicted octanol–water partition coefficient (Wildman–Crippen LogP) is 0.381. The summed E-state index contributed by atoms with van der Waals surface area (Å²) in [6, 6.07) is 0. The molecular weight excluding hydrogens is 158 g/mol. The molecule has 0 saturated carbocycles. The van der Waals surface area contributed by atoms with E-state index >= 15 is 0 Å². The van der Waals surface area contributed by atoms with Gasteiger partial charge in [0, 0.05) is 20.4 Å². The monoisotopic (exact) mass is 177 g/mol. The second kappa shape index (κ2) is 6.79. The third-order valence-corrected chi connectivity index (χ3v) is 3.69. The fourth-order valence-corrected chi connectivity index (χ4v) is 2.37. The van der Waals surface area contributed by atoms with Gasteiger partial charge in [-0.25, -0.2) is 0 Å². The molecule has 0 bridgehead atoms. The van der Waals surface area contributed by atoms with E-state index in [0.717, 1.165) is 19.3 Å². The Bertz CT molecular complexity index is 74.5. The highest BCUT2D eigenvalue weighted by atomic mass is 28.3. The summed E-state index contributed by atoms with van der Waals surface area (Å²) >= 11 is 0. The average molecular weight is 177 g/mol. The van der Waals surface area contributed by atoms with E-state index < -0.39 is 9.28 Å². The Morgan fingerprint density at radius 3 is 1.82 bits per heavy atom. The van der Waals surface area contributed by atoms with Gasteiger partial charge < -0.3 is 13.8 Å². The summed E-state index contributed by atoms with van der Waals surface area (Å²) in [6.45, 7) is 6.46. The minimum Gasteiger partial charge on any atom is -0.399 e. The summed E-state index contributed by atoms with van der Waals surface area (Å²) in [5, 5.41) is 0. The Kier molecular flexibility index (Phi) is 6.85. The topological polar surface area (TPSA) is 21.7 Å². The van der Waals surface area contributed by atoms with E-state index in [4.69, 9.17) is 8.85 Å². The van der Waals surface area contributed by atoms with Gasteiger partial charge in [0.2, 0.25) is 0 Å². The summed E-state index contributed by atoms with van der Waals surface area (Å²) in [7, 11) is 2.09. The van der Waals surface area contributed by atoms with Gasteiger partial charge >= 0.3 is 9.28 Å². The maximum Gasteiger partial charge on any atom is 0.335 e. The molecule has 0 aromatic heterocycles. The molecule has 0 saturated heterocycles. The van der Waals surface area contributed by atoms with Crippen molar-refractivity contribution in [1.29, 1.82) is 0 Å². The van der Waals surface area contributed by atoms with Gasteiger partial charge in [0.1, 0.15) is 0 Å². The fourth-order valence-electron chi connectivity index (χ4n) is 0.938. The minimum absolute atomic E-state index is 0.986. The van der Waals surface area contributed by atoms with Gasteiger partial charge in [-0.15, -0.1) is 0 Å². The van der Waals surface area contributed by atoms with Crippen molar-refractivity contribution in [2.45, 2.75) is 13.8 Å². The first-order chi connectivity index (χ1) is 5.28. The summed E-state index contributed by atoms with van der Waals surface area (Å²) in [4.78, 5) is 2.32. The molecule has 0 aliphatic carbocycles. The molecule has 0 aromatic rings.